The van der Waals surface area contributed by atoms with Gasteiger partial charge in [-0.3, -0.25) is 9.59 Å². The van der Waals surface area contributed by atoms with Crippen LogP contribution in [-0.4, -0.2) is 29.8 Å². The molecular weight excluding hydrogens is 372 g/mol. The van der Waals surface area contributed by atoms with Crippen LogP contribution >= 0.6 is 0 Å². The maximum absolute atomic E-state index is 13.6. The Hall–Kier alpha value is -0.900. The molecule has 30 heavy (non-hydrogen) atoms. The molecule has 4 nitrogen and oxygen atoms in total. The largest absolute Gasteiger partial charge is 0.356 e. The van der Waals surface area contributed by atoms with Crippen molar-refractivity contribution >= 4 is 11.7 Å². The van der Waals surface area contributed by atoms with E-state index in [0.29, 0.717) is 24.7 Å². The van der Waals surface area contributed by atoms with Crippen LogP contribution in [0.3, 0.4) is 0 Å². The van der Waals surface area contributed by atoms with Crippen LogP contribution in [0, 0.1) is 11.3 Å². The second-order valence-electron chi connectivity index (χ2n) is 10.5. The van der Waals surface area contributed by atoms with Gasteiger partial charge in [0.2, 0.25) is 5.91 Å². The van der Waals surface area contributed by atoms with E-state index in [-0.39, 0.29) is 22.9 Å². The molecule has 4 heteroatoms. The number of unbranched alkanes of at least 4 members (excludes halogenated alkanes) is 3. The molecule has 0 rings (SSSR count). The van der Waals surface area contributed by atoms with E-state index in [1.807, 2.05) is 0 Å². The smallest absolute Gasteiger partial charge is 0.220 e. The lowest BCUT2D eigenvalue weighted by molar-refractivity contribution is -0.131. The fourth-order valence-electron chi connectivity index (χ4n) is 4.22. The average molecular weight is 425 g/mol. The summed E-state index contributed by atoms with van der Waals surface area (Å²) < 4.78 is 0. The molecule has 2 atom stereocenters. The molecule has 0 saturated heterocycles. The van der Waals surface area contributed by atoms with Gasteiger partial charge in [0.05, 0.1) is 6.04 Å². The van der Waals surface area contributed by atoms with Crippen molar-refractivity contribution in [2.24, 2.45) is 11.3 Å². The number of hydrogen-bond acceptors (Lipinski definition) is 3. The van der Waals surface area contributed by atoms with Crippen LogP contribution in [0.15, 0.2) is 0 Å². The van der Waals surface area contributed by atoms with Crippen molar-refractivity contribution in [3.8, 4) is 0 Å². The number of carbonyl (C=O) groups excluding carboxylic acids is 2. The van der Waals surface area contributed by atoms with Crippen molar-refractivity contribution in [2.75, 3.05) is 6.54 Å². The van der Waals surface area contributed by atoms with Gasteiger partial charge in [0.25, 0.3) is 0 Å². The minimum atomic E-state index is -0.253. The standard InChI is InChI=1S/C26H52N2O2/c1-9-12-14-18-25(6,7)28-22(24(30)26(8,11-3)17-10-2)16-13-15-19-27-23(29)20-21(4)5/h21-22,28H,9-20H2,1-8H3,(H,27,29)/t22-,26?/m1/s1. The summed E-state index contributed by atoms with van der Waals surface area (Å²) in [6, 6.07) is -0.107. The molecule has 178 valence electrons. The lowest BCUT2D eigenvalue weighted by Crippen LogP contribution is -2.53. The number of Topliss-reactive ketones (excluding diaryl/α,β-unsaturated/α-hetero) is 1. The summed E-state index contributed by atoms with van der Waals surface area (Å²) in [5.41, 5.74) is -0.292. The predicted octanol–water partition coefficient (Wildman–Crippen LogP) is 6.42. The third-order valence-corrected chi connectivity index (χ3v) is 6.30. The zero-order valence-corrected chi connectivity index (χ0v) is 21.5. The maximum atomic E-state index is 13.6. The topological polar surface area (TPSA) is 58.2 Å². The molecule has 0 aromatic rings. The highest BCUT2D eigenvalue weighted by Gasteiger charge is 2.37. The quantitative estimate of drug-likeness (QED) is 0.250. The van der Waals surface area contributed by atoms with Gasteiger partial charge in [0, 0.05) is 23.9 Å². The summed E-state index contributed by atoms with van der Waals surface area (Å²) >= 11 is 0. The first kappa shape index (κ1) is 29.1. The lowest BCUT2D eigenvalue weighted by Gasteiger charge is -2.37. The Kier molecular flexibility index (Phi) is 14.5. The van der Waals surface area contributed by atoms with Gasteiger partial charge >= 0.3 is 0 Å². The highest BCUT2D eigenvalue weighted by atomic mass is 16.1. The van der Waals surface area contributed by atoms with Crippen LogP contribution < -0.4 is 10.6 Å². The van der Waals surface area contributed by atoms with Gasteiger partial charge in [-0.2, -0.15) is 0 Å². The Morgan fingerprint density at radius 1 is 0.867 bits per heavy atom. The second kappa shape index (κ2) is 15.0. The van der Waals surface area contributed by atoms with Crippen molar-refractivity contribution < 1.29 is 9.59 Å². The summed E-state index contributed by atoms with van der Waals surface area (Å²) in [6.07, 6.45) is 10.9. The van der Waals surface area contributed by atoms with E-state index in [2.05, 4.69) is 66.0 Å². The van der Waals surface area contributed by atoms with Gasteiger partial charge in [0.15, 0.2) is 5.78 Å². The first-order valence-corrected chi connectivity index (χ1v) is 12.6. The van der Waals surface area contributed by atoms with Gasteiger partial charge in [0.1, 0.15) is 0 Å². The molecular formula is C26H52N2O2. The lowest BCUT2D eigenvalue weighted by atomic mass is 9.75. The fourth-order valence-corrected chi connectivity index (χ4v) is 4.22. The molecule has 0 radical (unpaired) electrons. The molecule has 0 aromatic heterocycles. The highest BCUT2D eigenvalue weighted by Crippen LogP contribution is 2.32. The normalized spacial score (nSPS) is 15.1. The van der Waals surface area contributed by atoms with E-state index in [9.17, 15) is 9.59 Å². The number of hydrogen-bond donors (Lipinski definition) is 2. The van der Waals surface area contributed by atoms with Gasteiger partial charge in [-0.25, -0.2) is 0 Å². The third kappa shape index (κ3) is 12.1. The monoisotopic (exact) mass is 424 g/mol. The van der Waals surface area contributed by atoms with E-state index in [1.165, 1.54) is 19.3 Å². The molecule has 0 spiro atoms. The first-order chi connectivity index (χ1) is 14.0. The van der Waals surface area contributed by atoms with Gasteiger partial charge < -0.3 is 10.6 Å². The molecule has 0 saturated carbocycles. The Morgan fingerprint density at radius 2 is 1.53 bits per heavy atom. The molecule has 0 aliphatic rings. The van der Waals surface area contributed by atoms with E-state index in [1.54, 1.807) is 0 Å². The van der Waals surface area contributed by atoms with Crippen LogP contribution in [0.5, 0.6) is 0 Å². The molecule has 0 heterocycles. The van der Waals surface area contributed by atoms with Crippen molar-refractivity contribution in [3.05, 3.63) is 0 Å². The SMILES string of the molecule is CCCCCC(C)(C)N[C@H](CCCCNC(=O)CC(C)C)C(=O)C(C)(CC)CCC. The molecule has 1 unspecified atom stereocenters. The van der Waals surface area contributed by atoms with Crippen molar-refractivity contribution in [1.29, 1.82) is 0 Å². The van der Waals surface area contributed by atoms with Crippen LogP contribution in [0.4, 0.5) is 0 Å². The molecule has 0 aliphatic heterocycles. The summed E-state index contributed by atoms with van der Waals surface area (Å²) in [4.78, 5) is 25.4. The second-order valence-corrected chi connectivity index (χ2v) is 10.5. The minimum Gasteiger partial charge on any atom is -0.356 e. The van der Waals surface area contributed by atoms with Crippen molar-refractivity contribution in [2.45, 2.75) is 138 Å². The van der Waals surface area contributed by atoms with Crippen LogP contribution in [0.25, 0.3) is 0 Å². The number of amides is 1. The van der Waals surface area contributed by atoms with Crippen LogP contribution in [0.2, 0.25) is 0 Å². The molecule has 0 aromatic carbocycles. The molecule has 2 N–H and O–H groups in total. The minimum absolute atomic E-state index is 0.0398. The van der Waals surface area contributed by atoms with E-state index in [4.69, 9.17) is 0 Å². The van der Waals surface area contributed by atoms with Gasteiger partial charge in [-0.05, 0) is 58.3 Å². The summed E-state index contributed by atoms with van der Waals surface area (Å²) in [5.74, 6) is 0.894. The van der Waals surface area contributed by atoms with Gasteiger partial charge in [-0.15, -0.1) is 0 Å². The predicted molar refractivity (Wildman–Crippen MR) is 130 cm³/mol. The first-order valence-electron chi connectivity index (χ1n) is 12.6. The summed E-state index contributed by atoms with van der Waals surface area (Å²) in [7, 11) is 0. The van der Waals surface area contributed by atoms with Crippen molar-refractivity contribution in [1.82, 2.24) is 10.6 Å². The number of nitrogens with one attached hydrogen (secondary N) is 2. The summed E-state index contributed by atoms with van der Waals surface area (Å²) in [6.45, 7) is 18.0. The zero-order valence-electron chi connectivity index (χ0n) is 21.5. The molecule has 1 amide bonds. The molecule has 0 bridgehead atoms. The van der Waals surface area contributed by atoms with Gasteiger partial charge in [-0.1, -0.05) is 67.2 Å². The Bertz CT molecular complexity index is 487. The molecule has 0 aliphatic carbocycles. The summed E-state index contributed by atoms with van der Waals surface area (Å²) in [5, 5.41) is 6.76. The van der Waals surface area contributed by atoms with E-state index >= 15 is 0 Å². The maximum Gasteiger partial charge on any atom is 0.220 e. The fraction of sp³-hybridized carbons (Fsp3) is 0.923. The van der Waals surface area contributed by atoms with E-state index in [0.717, 1.165) is 44.9 Å². The highest BCUT2D eigenvalue weighted by molar-refractivity contribution is 5.89. The Morgan fingerprint density at radius 3 is 2.07 bits per heavy atom. The van der Waals surface area contributed by atoms with Crippen LogP contribution in [-0.2, 0) is 9.59 Å². The average Bonchev–Trinajstić information content (AvgIpc) is 2.65. The Labute approximate surface area is 187 Å². The number of carbonyl (C=O) groups is 2. The van der Waals surface area contributed by atoms with Crippen molar-refractivity contribution in [3.63, 3.8) is 0 Å². The zero-order chi connectivity index (χ0) is 23.2. The Balaban J connectivity index is 4.94. The van der Waals surface area contributed by atoms with Crippen LogP contribution in [0.1, 0.15) is 126 Å². The molecule has 0 fully saturated rings. The number of ketones is 1. The third-order valence-electron chi connectivity index (χ3n) is 6.30. The van der Waals surface area contributed by atoms with E-state index < -0.39 is 0 Å². The number of rotatable bonds is 18.